The van der Waals surface area contributed by atoms with Crippen LogP contribution < -0.4 is 5.32 Å². The fourth-order valence-corrected chi connectivity index (χ4v) is 2.71. The van der Waals surface area contributed by atoms with Crippen LogP contribution in [0.3, 0.4) is 0 Å². The predicted octanol–water partition coefficient (Wildman–Crippen LogP) is 3.65. The summed E-state index contributed by atoms with van der Waals surface area (Å²) < 4.78 is 5.17. The third-order valence-corrected chi connectivity index (χ3v) is 3.78. The fourth-order valence-electron chi connectivity index (χ4n) is 2.71. The molecule has 1 fully saturated rings. The van der Waals surface area contributed by atoms with Gasteiger partial charge in [0.2, 0.25) is 5.91 Å². The molecule has 1 aliphatic carbocycles. The van der Waals surface area contributed by atoms with Crippen LogP contribution in [0.4, 0.5) is 0 Å². The van der Waals surface area contributed by atoms with Gasteiger partial charge in [0.25, 0.3) is 0 Å². The lowest BCUT2D eigenvalue weighted by Gasteiger charge is -2.21. The van der Waals surface area contributed by atoms with Crippen LogP contribution in [-0.2, 0) is 11.3 Å². The van der Waals surface area contributed by atoms with E-state index in [4.69, 9.17) is 4.42 Å². The highest BCUT2D eigenvalue weighted by Gasteiger charge is 2.13. The second-order valence-electron chi connectivity index (χ2n) is 5.25. The summed E-state index contributed by atoms with van der Waals surface area (Å²) in [5, 5.41) is 2.89. The number of hydrogen-bond acceptors (Lipinski definition) is 2. The van der Waals surface area contributed by atoms with E-state index in [1.54, 1.807) is 6.26 Å². The smallest absolute Gasteiger partial charge is 0.220 e. The number of furan rings is 1. The highest BCUT2D eigenvalue weighted by Crippen LogP contribution is 2.27. The molecule has 0 aliphatic heterocycles. The zero-order chi connectivity index (χ0) is 12.6. The molecule has 18 heavy (non-hydrogen) atoms. The van der Waals surface area contributed by atoms with Crippen molar-refractivity contribution in [1.29, 1.82) is 0 Å². The second-order valence-corrected chi connectivity index (χ2v) is 5.25. The third-order valence-electron chi connectivity index (χ3n) is 3.78. The normalized spacial score (nSPS) is 16.7. The van der Waals surface area contributed by atoms with Crippen LogP contribution >= 0.6 is 0 Å². The van der Waals surface area contributed by atoms with Crippen LogP contribution in [0.25, 0.3) is 0 Å². The van der Waals surface area contributed by atoms with Gasteiger partial charge in [-0.05, 0) is 30.9 Å². The monoisotopic (exact) mass is 249 g/mol. The van der Waals surface area contributed by atoms with Gasteiger partial charge in [0.15, 0.2) is 0 Å². The average Bonchev–Trinajstić information content (AvgIpc) is 2.91. The van der Waals surface area contributed by atoms with Gasteiger partial charge in [0, 0.05) is 6.42 Å². The van der Waals surface area contributed by atoms with Crippen molar-refractivity contribution in [2.75, 3.05) is 0 Å². The Balaban J connectivity index is 1.54. The first-order valence-corrected chi connectivity index (χ1v) is 7.13. The summed E-state index contributed by atoms with van der Waals surface area (Å²) in [5.74, 6) is 1.83. The highest BCUT2D eigenvalue weighted by atomic mass is 16.3. The molecule has 1 heterocycles. The summed E-state index contributed by atoms with van der Waals surface area (Å²) in [5.41, 5.74) is 0. The lowest BCUT2D eigenvalue weighted by atomic mass is 9.86. The predicted molar refractivity (Wildman–Crippen MR) is 71.0 cm³/mol. The van der Waals surface area contributed by atoms with Crippen molar-refractivity contribution in [3.8, 4) is 0 Å². The minimum absolute atomic E-state index is 0.141. The Labute approximate surface area is 109 Å². The molecule has 0 atom stereocenters. The van der Waals surface area contributed by atoms with Crippen LogP contribution in [0.15, 0.2) is 22.8 Å². The minimum Gasteiger partial charge on any atom is -0.467 e. The number of amides is 1. The lowest BCUT2D eigenvalue weighted by molar-refractivity contribution is -0.121. The van der Waals surface area contributed by atoms with Crippen LogP contribution in [0.1, 0.15) is 57.1 Å². The van der Waals surface area contributed by atoms with Crippen LogP contribution in [0.2, 0.25) is 0 Å². The Kier molecular flexibility index (Phi) is 5.31. The van der Waals surface area contributed by atoms with Gasteiger partial charge < -0.3 is 9.73 Å². The summed E-state index contributed by atoms with van der Waals surface area (Å²) in [6, 6.07) is 3.72. The molecule has 1 amide bonds. The standard InChI is InChI=1S/C15H23NO2/c17-15(16-12-14-9-5-11-18-14)10-4-8-13-6-2-1-3-7-13/h5,9,11,13H,1-4,6-8,10,12H2,(H,16,17). The van der Waals surface area contributed by atoms with E-state index in [9.17, 15) is 4.79 Å². The molecule has 1 saturated carbocycles. The summed E-state index contributed by atoms with van der Waals surface area (Å²) in [6.45, 7) is 0.509. The number of hydrogen-bond donors (Lipinski definition) is 1. The first kappa shape index (κ1) is 13.2. The van der Waals surface area contributed by atoms with E-state index in [-0.39, 0.29) is 5.91 Å². The molecule has 2 rings (SSSR count). The first-order chi connectivity index (χ1) is 8.84. The van der Waals surface area contributed by atoms with Gasteiger partial charge in [0.05, 0.1) is 12.8 Å². The van der Waals surface area contributed by atoms with Gasteiger partial charge >= 0.3 is 0 Å². The van der Waals surface area contributed by atoms with E-state index in [0.29, 0.717) is 13.0 Å². The minimum atomic E-state index is 0.141. The van der Waals surface area contributed by atoms with Crippen LogP contribution in [0.5, 0.6) is 0 Å². The van der Waals surface area contributed by atoms with E-state index in [1.807, 2.05) is 12.1 Å². The SMILES string of the molecule is O=C(CCCC1CCCCC1)NCc1ccco1. The van der Waals surface area contributed by atoms with Crippen molar-refractivity contribution in [1.82, 2.24) is 5.32 Å². The fraction of sp³-hybridized carbons (Fsp3) is 0.667. The van der Waals surface area contributed by atoms with Crippen molar-refractivity contribution >= 4 is 5.91 Å². The van der Waals surface area contributed by atoms with Crippen molar-refractivity contribution < 1.29 is 9.21 Å². The summed E-state index contributed by atoms with van der Waals surface area (Å²) in [6.07, 6.45) is 11.4. The van der Waals surface area contributed by atoms with E-state index in [0.717, 1.165) is 18.1 Å². The molecule has 1 N–H and O–H groups in total. The first-order valence-electron chi connectivity index (χ1n) is 7.13. The molecule has 0 bridgehead atoms. The Bertz CT molecular complexity index is 339. The maximum absolute atomic E-state index is 11.6. The molecule has 100 valence electrons. The van der Waals surface area contributed by atoms with E-state index in [1.165, 1.54) is 38.5 Å². The molecular weight excluding hydrogens is 226 g/mol. The molecule has 3 nitrogen and oxygen atoms in total. The quantitative estimate of drug-likeness (QED) is 0.836. The van der Waals surface area contributed by atoms with Gasteiger partial charge in [0.1, 0.15) is 5.76 Å². The maximum Gasteiger partial charge on any atom is 0.220 e. The number of carbonyl (C=O) groups excluding carboxylic acids is 1. The largest absolute Gasteiger partial charge is 0.467 e. The Morgan fingerprint density at radius 1 is 1.33 bits per heavy atom. The van der Waals surface area contributed by atoms with Crippen LogP contribution in [-0.4, -0.2) is 5.91 Å². The van der Waals surface area contributed by atoms with Gasteiger partial charge in [-0.3, -0.25) is 4.79 Å². The van der Waals surface area contributed by atoms with Crippen molar-refractivity contribution in [2.24, 2.45) is 5.92 Å². The number of carbonyl (C=O) groups is 1. The molecule has 1 aromatic heterocycles. The van der Waals surface area contributed by atoms with Gasteiger partial charge in [-0.15, -0.1) is 0 Å². The maximum atomic E-state index is 11.6. The topological polar surface area (TPSA) is 42.2 Å². The summed E-state index contributed by atoms with van der Waals surface area (Å²) >= 11 is 0. The zero-order valence-corrected chi connectivity index (χ0v) is 11.0. The lowest BCUT2D eigenvalue weighted by Crippen LogP contribution is -2.22. The number of nitrogens with one attached hydrogen (secondary N) is 1. The third kappa shape index (κ3) is 4.55. The summed E-state index contributed by atoms with van der Waals surface area (Å²) in [4.78, 5) is 11.6. The highest BCUT2D eigenvalue weighted by molar-refractivity contribution is 5.75. The zero-order valence-electron chi connectivity index (χ0n) is 11.0. The molecule has 0 unspecified atom stereocenters. The number of rotatable bonds is 6. The van der Waals surface area contributed by atoms with Gasteiger partial charge in [-0.2, -0.15) is 0 Å². The Hall–Kier alpha value is -1.25. The molecular formula is C15H23NO2. The average molecular weight is 249 g/mol. The van der Waals surface area contributed by atoms with Crippen molar-refractivity contribution in [2.45, 2.75) is 57.9 Å². The molecule has 1 aromatic rings. The molecule has 3 heteroatoms. The van der Waals surface area contributed by atoms with Crippen molar-refractivity contribution in [3.05, 3.63) is 24.2 Å². The van der Waals surface area contributed by atoms with E-state index >= 15 is 0 Å². The Morgan fingerprint density at radius 2 is 2.17 bits per heavy atom. The molecule has 0 saturated heterocycles. The second kappa shape index (κ2) is 7.24. The van der Waals surface area contributed by atoms with Gasteiger partial charge in [-0.1, -0.05) is 32.1 Å². The van der Waals surface area contributed by atoms with Crippen molar-refractivity contribution in [3.63, 3.8) is 0 Å². The molecule has 0 aromatic carbocycles. The van der Waals surface area contributed by atoms with E-state index < -0.39 is 0 Å². The summed E-state index contributed by atoms with van der Waals surface area (Å²) in [7, 11) is 0. The Morgan fingerprint density at radius 3 is 2.89 bits per heavy atom. The van der Waals surface area contributed by atoms with Crippen LogP contribution in [0, 0.1) is 5.92 Å². The van der Waals surface area contributed by atoms with Gasteiger partial charge in [-0.25, -0.2) is 0 Å². The molecule has 0 radical (unpaired) electrons. The molecule has 1 aliphatic rings. The molecule has 0 spiro atoms. The van der Waals surface area contributed by atoms with E-state index in [2.05, 4.69) is 5.32 Å².